The first-order chi connectivity index (χ1) is 7.57. The number of amidine groups is 1. The van der Waals surface area contributed by atoms with Crippen molar-refractivity contribution in [1.29, 1.82) is 0 Å². The minimum Gasteiger partial charge on any atom is -0.376 e. The van der Waals surface area contributed by atoms with Gasteiger partial charge in [0.05, 0.1) is 12.1 Å². The summed E-state index contributed by atoms with van der Waals surface area (Å²) in [6, 6.07) is 0.384. The standard InChI is InChI=1S/C12H22N2OS/c1-9(10-5-4-6-15-10)14-11-13-7-12(2,3)8-16-11/h9-10H,4-8H2,1-3H3,(H,13,14). The van der Waals surface area contributed by atoms with E-state index in [-0.39, 0.29) is 0 Å². The van der Waals surface area contributed by atoms with Crippen LogP contribution in [0.1, 0.15) is 33.6 Å². The molecule has 0 spiro atoms. The average molecular weight is 242 g/mol. The van der Waals surface area contributed by atoms with Crippen molar-refractivity contribution in [2.75, 3.05) is 18.9 Å². The number of thioether (sulfide) groups is 1. The Bertz CT molecular complexity index is 272. The largest absolute Gasteiger partial charge is 0.376 e. The highest BCUT2D eigenvalue weighted by molar-refractivity contribution is 8.13. The Labute approximate surface area is 102 Å². The van der Waals surface area contributed by atoms with Gasteiger partial charge in [-0.15, -0.1) is 0 Å². The summed E-state index contributed by atoms with van der Waals surface area (Å²) in [5.41, 5.74) is 0.350. The second-order valence-electron chi connectivity index (χ2n) is 5.56. The SMILES string of the molecule is CC(NC1=NCC(C)(C)CS1)C1CCCO1. The Morgan fingerprint density at radius 2 is 2.38 bits per heavy atom. The van der Waals surface area contributed by atoms with Crippen molar-refractivity contribution in [2.24, 2.45) is 10.4 Å². The molecule has 2 aliphatic rings. The monoisotopic (exact) mass is 242 g/mol. The third-order valence-electron chi connectivity index (χ3n) is 3.12. The minimum atomic E-state index is 0.350. The normalized spacial score (nSPS) is 30.9. The van der Waals surface area contributed by atoms with Crippen molar-refractivity contribution < 1.29 is 4.74 Å². The van der Waals surface area contributed by atoms with Gasteiger partial charge in [0.25, 0.3) is 0 Å². The summed E-state index contributed by atoms with van der Waals surface area (Å²) in [7, 11) is 0. The number of hydrogen-bond acceptors (Lipinski definition) is 4. The number of nitrogens with one attached hydrogen (secondary N) is 1. The molecule has 0 aromatic heterocycles. The van der Waals surface area contributed by atoms with Crippen LogP contribution in [-0.2, 0) is 4.74 Å². The lowest BCUT2D eigenvalue weighted by atomic mass is 9.97. The van der Waals surface area contributed by atoms with Crippen LogP contribution in [0.4, 0.5) is 0 Å². The quantitative estimate of drug-likeness (QED) is 0.806. The maximum absolute atomic E-state index is 5.67. The van der Waals surface area contributed by atoms with Crippen molar-refractivity contribution in [3.05, 3.63) is 0 Å². The molecule has 0 amide bonds. The zero-order valence-electron chi connectivity index (χ0n) is 10.5. The second-order valence-corrected chi connectivity index (χ2v) is 6.52. The highest BCUT2D eigenvalue weighted by Gasteiger charge is 2.27. The molecule has 2 rings (SSSR count). The molecule has 2 atom stereocenters. The van der Waals surface area contributed by atoms with Crippen molar-refractivity contribution in [3.8, 4) is 0 Å². The Morgan fingerprint density at radius 3 is 2.94 bits per heavy atom. The predicted octanol–water partition coefficient (Wildman–Crippen LogP) is 2.27. The molecule has 0 bridgehead atoms. The van der Waals surface area contributed by atoms with E-state index >= 15 is 0 Å². The van der Waals surface area contributed by atoms with Crippen LogP contribution < -0.4 is 5.32 Å². The molecule has 0 aromatic carbocycles. The maximum atomic E-state index is 5.67. The summed E-state index contributed by atoms with van der Waals surface area (Å²) in [6.45, 7) is 8.58. The van der Waals surface area contributed by atoms with Crippen LogP contribution >= 0.6 is 11.8 Å². The van der Waals surface area contributed by atoms with Gasteiger partial charge in [0, 0.05) is 18.9 Å². The molecule has 2 unspecified atom stereocenters. The highest BCUT2D eigenvalue weighted by Crippen LogP contribution is 2.27. The Hall–Kier alpha value is -0.220. The molecule has 2 aliphatic heterocycles. The van der Waals surface area contributed by atoms with Crippen molar-refractivity contribution >= 4 is 16.9 Å². The molecular weight excluding hydrogens is 220 g/mol. The van der Waals surface area contributed by atoms with E-state index in [1.165, 1.54) is 12.8 Å². The number of aliphatic imine (C=N–C) groups is 1. The van der Waals surface area contributed by atoms with Gasteiger partial charge in [-0.05, 0) is 25.2 Å². The van der Waals surface area contributed by atoms with E-state index in [1.807, 2.05) is 11.8 Å². The lowest BCUT2D eigenvalue weighted by Gasteiger charge is -2.29. The predicted molar refractivity (Wildman–Crippen MR) is 70.1 cm³/mol. The first kappa shape index (κ1) is 12.2. The van der Waals surface area contributed by atoms with Crippen LogP contribution in [-0.4, -0.2) is 36.2 Å². The maximum Gasteiger partial charge on any atom is 0.156 e. The molecule has 92 valence electrons. The van der Waals surface area contributed by atoms with Crippen molar-refractivity contribution in [2.45, 2.75) is 45.8 Å². The lowest BCUT2D eigenvalue weighted by Crippen LogP contribution is -2.42. The summed E-state index contributed by atoms with van der Waals surface area (Å²) in [6.07, 6.45) is 2.75. The van der Waals surface area contributed by atoms with Gasteiger partial charge >= 0.3 is 0 Å². The van der Waals surface area contributed by atoms with Gasteiger partial charge in [0.15, 0.2) is 5.17 Å². The molecule has 0 aromatic rings. The molecular formula is C12H22N2OS. The van der Waals surface area contributed by atoms with Crippen molar-refractivity contribution in [3.63, 3.8) is 0 Å². The molecule has 3 nitrogen and oxygen atoms in total. The molecule has 16 heavy (non-hydrogen) atoms. The zero-order chi connectivity index (χ0) is 11.6. The number of rotatable bonds is 2. The van der Waals surface area contributed by atoms with Gasteiger partial charge in [-0.2, -0.15) is 0 Å². The third kappa shape index (κ3) is 3.14. The van der Waals surface area contributed by atoms with Gasteiger partial charge in [-0.1, -0.05) is 25.6 Å². The molecule has 1 N–H and O–H groups in total. The smallest absolute Gasteiger partial charge is 0.156 e. The Kier molecular flexibility index (Phi) is 3.80. The fourth-order valence-electron chi connectivity index (χ4n) is 2.01. The van der Waals surface area contributed by atoms with Gasteiger partial charge in [0.2, 0.25) is 0 Å². The van der Waals surface area contributed by atoms with Crippen molar-refractivity contribution in [1.82, 2.24) is 5.32 Å². The zero-order valence-corrected chi connectivity index (χ0v) is 11.3. The van der Waals surface area contributed by atoms with Crippen LogP contribution in [0, 0.1) is 5.41 Å². The van der Waals surface area contributed by atoms with E-state index in [9.17, 15) is 0 Å². The summed E-state index contributed by atoms with van der Waals surface area (Å²) < 4.78 is 5.67. The molecule has 0 saturated carbocycles. The van der Waals surface area contributed by atoms with Gasteiger partial charge in [0.1, 0.15) is 0 Å². The molecule has 1 saturated heterocycles. The molecule has 4 heteroatoms. The molecule has 0 radical (unpaired) electrons. The van der Waals surface area contributed by atoms with E-state index in [0.717, 1.165) is 24.1 Å². The molecule has 2 heterocycles. The number of hydrogen-bond donors (Lipinski definition) is 1. The molecule has 0 aliphatic carbocycles. The summed E-state index contributed by atoms with van der Waals surface area (Å²) in [5, 5.41) is 4.59. The van der Waals surface area contributed by atoms with E-state index in [0.29, 0.717) is 17.6 Å². The summed E-state index contributed by atoms with van der Waals surface area (Å²) in [4.78, 5) is 4.61. The average Bonchev–Trinajstić information content (AvgIpc) is 2.74. The van der Waals surface area contributed by atoms with Gasteiger partial charge in [-0.3, -0.25) is 4.99 Å². The van der Waals surface area contributed by atoms with E-state index in [2.05, 4.69) is 31.1 Å². The number of nitrogens with zero attached hydrogens (tertiary/aromatic N) is 1. The lowest BCUT2D eigenvalue weighted by molar-refractivity contribution is 0.0895. The Balaban J connectivity index is 1.83. The Morgan fingerprint density at radius 1 is 1.56 bits per heavy atom. The second kappa shape index (κ2) is 4.96. The van der Waals surface area contributed by atoms with Gasteiger partial charge < -0.3 is 10.1 Å². The van der Waals surface area contributed by atoms with E-state index in [4.69, 9.17) is 4.74 Å². The summed E-state index contributed by atoms with van der Waals surface area (Å²) >= 11 is 1.84. The van der Waals surface area contributed by atoms with Crippen LogP contribution in [0.15, 0.2) is 4.99 Å². The van der Waals surface area contributed by atoms with Crippen LogP contribution in [0.2, 0.25) is 0 Å². The first-order valence-electron chi connectivity index (χ1n) is 6.12. The van der Waals surface area contributed by atoms with Crippen LogP contribution in [0.3, 0.4) is 0 Å². The van der Waals surface area contributed by atoms with E-state index in [1.54, 1.807) is 0 Å². The number of ether oxygens (including phenoxy) is 1. The fraction of sp³-hybridized carbons (Fsp3) is 0.917. The van der Waals surface area contributed by atoms with Crippen LogP contribution in [0.25, 0.3) is 0 Å². The molecule has 1 fully saturated rings. The summed E-state index contributed by atoms with van der Waals surface area (Å²) in [5.74, 6) is 1.15. The van der Waals surface area contributed by atoms with E-state index < -0.39 is 0 Å². The first-order valence-corrected chi connectivity index (χ1v) is 7.11. The topological polar surface area (TPSA) is 33.6 Å². The fourth-order valence-corrected chi connectivity index (χ4v) is 3.06. The highest BCUT2D eigenvalue weighted by atomic mass is 32.2. The third-order valence-corrected chi connectivity index (χ3v) is 4.57. The minimum absolute atomic E-state index is 0.350. The van der Waals surface area contributed by atoms with Gasteiger partial charge in [-0.25, -0.2) is 0 Å². The van der Waals surface area contributed by atoms with Crippen LogP contribution in [0.5, 0.6) is 0 Å².